The Morgan fingerprint density at radius 2 is 1.75 bits per heavy atom. The van der Waals surface area contributed by atoms with E-state index >= 15 is 0 Å². The number of nitrogen functional groups attached to an aromatic ring is 1. The van der Waals surface area contributed by atoms with Crippen LogP contribution in [0, 0.1) is 0 Å². The molecule has 0 fully saturated rings. The van der Waals surface area contributed by atoms with Gasteiger partial charge >= 0.3 is 0 Å². The average molecular weight is 232 g/mol. The van der Waals surface area contributed by atoms with Crippen LogP contribution in [0.4, 0.5) is 11.4 Å². The molecular formula is C13H16N2S. The molecule has 0 amide bonds. The van der Waals surface area contributed by atoms with E-state index in [9.17, 15) is 0 Å². The van der Waals surface area contributed by atoms with Crippen LogP contribution in [-0.2, 0) is 13.0 Å². The molecule has 0 spiro atoms. The number of anilines is 2. The second-order valence-electron chi connectivity index (χ2n) is 3.70. The molecule has 3 heteroatoms. The van der Waals surface area contributed by atoms with Gasteiger partial charge in [0, 0.05) is 27.7 Å². The van der Waals surface area contributed by atoms with E-state index in [4.69, 9.17) is 5.73 Å². The highest BCUT2D eigenvalue weighted by Crippen LogP contribution is 2.18. The molecule has 0 saturated heterocycles. The number of benzene rings is 1. The third-order valence-corrected chi connectivity index (χ3v) is 3.67. The summed E-state index contributed by atoms with van der Waals surface area (Å²) in [4.78, 5) is 2.81. The second-order valence-corrected chi connectivity index (χ2v) is 4.95. The molecule has 0 aliphatic heterocycles. The maximum atomic E-state index is 5.63. The van der Waals surface area contributed by atoms with Crippen LogP contribution in [0.15, 0.2) is 36.4 Å². The van der Waals surface area contributed by atoms with Crippen molar-refractivity contribution in [2.24, 2.45) is 0 Å². The molecule has 0 unspecified atom stereocenters. The Morgan fingerprint density at radius 3 is 2.38 bits per heavy atom. The molecule has 84 valence electrons. The summed E-state index contributed by atoms with van der Waals surface area (Å²) in [7, 11) is 0. The summed E-state index contributed by atoms with van der Waals surface area (Å²) in [5.41, 5.74) is 7.54. The van der Waals surface area contributed by atoms with Crippen LogP contribution in [0.2, 0.25) is 0 Å². The molecule has 2 aromatic rings. The molecule has 1 aromatic heterocycles. The normalized spacial score (nSPS) is 10.3. The van der Waals surface area contributed by atoms with Crippen LogP contribution in [0.3, 0.4) is 0 Å². The molecule has 0 bridgehead atoms. The first kappa shape index (κ1) is 11.0. The standard InChI is InChI=1S/C13H16N2S/c1-2-12-7-8-13(16-12)9-15-11-5-3-10(14)4-6-11/h3-8,15H,2,9,14H2,1H3. The minimum absolute atomic E-state index is 0.801. The summed E-state index contributed by atoms with van der Waals surface area (Å²) in [5.74, 6) is 0. The zero-order valence-electron chi connectivity index (χ0n) is 9.36. The lowest BCUT2D eigenvalue weighted by atomic mass is 10.3. The number of hydrogen-bond acceptors (Lipinski definition) is 3. The number of nitrogens with one attached hydrogen (secondary N) is 1. The van der Waals surface area contributed by atoms with Crippen molar-refractivity contribution in [1.82, 2.24) is 0 Å². The third kappa shape index (κ3) is 2.76. The molecule has 0 saturated carbocycles. The van der Waals surface area contributed by atoms with Crippen LogP contribution in [0.25, 0.3) is 0 Å². The molecule has 3 N–H and O–H groups in total. The van der Waals surface area contributed by atoms with E-state index in [1.165, 1.54) is 9.75 Å². The highest BCUT2D eigenvalue weighted by Gasteiger charge is 1.98. The highest BCUT2D eigenvalue weighted by atomic mass is 32.1. The fraction of sp³-hybridized carbons (Fsp3) is 0.231. The Balaban J connectivity index is 1.94. The van der Waals surface area contributed by atoms with Crippen LogP contribution in [0.1, 0.15) is 16.7 Å². The topological polar surface area (TPSA) is 38.0 Å². The van der Waals surface area contributed by atoms with Gasteiger partial charge in [-0.05, 0) is 42.8 Å². The monoisotopic (exact) mass is 232 g/mol. The number of rotatable bonds is 4. The Bertz CT molecular complexity index is 445. The minimum atomic E-state index is 0.801. The minimum Gasteiger partial charge on any atom is -0.399 e. The van der Waals surface area contributed by atoms with Gasteiger partial charge in [0.25, 0.3) is 0 Å². The molecule has 0 radical (unpaired) electrons. The summed E-state index contributed by atoms with van der Waals surface area (Å²) in [6, 6.07) is 12.2. The van der Waals surface area contributed by atoms with Crippen molar-refractivity contribution in [2.45, 2.75) is 19.9 Å². The van der Waals surface area contributed by atoms with E-state index < -0.39 is 0 Å². The number of thiophene rings is 1. The second kappa shape index (κ2) is 5.03. The van der Waals surface area contributed by atoms with Gasteiger partial charge in [-0.2, -0.15) is 0 Å². The van der Waals surface area contributed by atoms with Crippen molar-refractivity contribution in [3.05, 3.63) is 46.2 Å². The van der Waals surface area contributed by atoms with Crippen molar-refractivity contribution in [2.75, 3.05) is 11.1 Å². The van der Waals surface area contributed by atoms with Crippen molar-refractivity contribution in [1.29, 1.82) is 0 Å². The molecule has 0 aliphatic rings. The molecule has 0 aliphatic carbocycles. The van der Waals surface area contributed by atoms with Crippen LogP contribution < -0.4 is 11.1 Å². The van der Waals surface area contributed by atoms with Gasteiger partial charge < -0.3 is 11.1 Å². The molecule has 0 atom stereocenters. The van der Waals surface area contributed by atoms with Gasteiger partial charge in [-0.25, -0.2) is 0 Å². The predicted octanol–water partition coefficient (Wildman–Crippen LogP) is 3.50. The van der Waals surface area contributed by atoms with Gasteiger partial charge in [-0.1, -0.05) is 6.92 Å². The molecule has 16 heavy (non-hydrogen) atoms. The largest absolute Gasteiger partial charge is 0.399 e. The maximum absolute atomic E-state index is 5.63. The fourth-order valence-electron chi connectivity index (χ4n) is 1.50. The Labute approximate surface area is 100 Å². The molecule has 2 rings (SSSR count). The first-order chi connectivity index (χ1) is 7.78. The van der Waals surface area contributed by atoms with E-state index in [1.807, 2.05) is 35.6 Å². The quantitative estimate of drug-likeness (QED) is 0.792. The van der Waals surface area contributed by atoms with Gasteiger partial charge in [0.15, 0.2) is 0 Å². The van der Waals surface area contributed by atoms with E-state index in [1.54, 1.807) is 0 Å². The zero-order valence-corrected chi connectivity index (χ0v) is 10.2. The first-order valence-corrected chi connectivity index (χ1v) is 6.26. The summed E-state index contributed by atoms with van der Waals surface area (Å²) >= 11 is 1.87. The smallest absolute Gasteiger partial charge is 0.0494 e. The lowest BCUT2D eigenvalue weighted by Crippen LogP contribution is -1.97. The van der Waals surface area contributed by atoms with Gasteiger partial charge in [-0.3, -0.25) is 0 Å². The average Bonchev–Trinajstić information content (AvgIpc) is 2.76. The van der Waals surface area contributed by atoms with Gasteiger partial charge in [0.2, 0.25) is 0 Å². The van der Waals surface area contributed by atoms with Gasteiger partial charge in [0.1, 0.15) is 0 Å². The van der Waals surface area contributed by atoms with Crippen LogP contribution >= 0.6 is 11.3 Å². The van der Waals surface area contributed by atoms with E-state index in [0.29, 0.717) is 0 Å². The Kier molecular flexibility index (Phi) is 3.47. The highest BCUT2D eigenvalue weighted by molar-refractivity contribution is 7.12. The van der Waals surface area contributed by atoms with Crippen LogP contribution in [0.5, 0.6) is 0 Å². The lowest BCUT2D eigenvalue weighted by molar-refractivity contribution is 1.19. The summed E-state index contributed by atoms with van der Waals surface area (Å²) < 4.78 is 0. The summed E-state index contributed by atoms with van der Waals surface area (Å²) in [5, 5.41) is 3.38. The van der Waals surface area contributed by atoms with Crippen molar-refractivity contribution in [3.63, 3.8) is 0 Å². The predicted molar refractivity (Wildman–Crippen MR) is 71.9 cm³/mol. The van der Waals surface area contributed by atoms with Crippen molar-refractivity contribution >= 4 is 22.7 Å². The Morgan fingerprint density at radius 1 is 1.06 bits per heavy atom. The van der Waals surface area contributed by atoms with Gasteiger partial charge in [0.05, 0.1) is 0 Å². The zero-order chi connectivity index (χ0) is 11.4. The Hall–Kier alpha value is -1.48. The van der Waals surface area contributed by atoms with E-state index in [2.05, 4.69) is 24.4 Å². The third-order valence-electron chi connectivity index (χ3n) is 2.44. The van der Waals surface area contributed by atoms with Crippen molar-refractivity contribution < 1.29 is 0 Å². The lowest BCUT2D eigenvalue weighted by Gasteiger charge is -2.04. The number of nitrogens with two attached hydrogens (primary N) is 1. The fourth-order valence-corrected chi connectivity index (χ4v) is 2.40. The maximum Gasteiger partial charge on any atom is 0.0494 e. The number of hydrogen-bond donors (Lipinski definition) is 2. The van der Waals surface area contributed by atoms with E-state index in [0.717, 1.165) is 24.3 Å². The molecule has 2 nitrogen and oxygen atoms in total. The first-order valence-electron chi connectivity index (χ1n) is 5.45. The van der Waals surface area contributed by atoms with E-state index in [-0.39, 0.29) is 0 Å². The molecule has 1 aromatic carbocycles. The SMILES string of the molecule is CCc1ccc(CNc2ccc(N)cc2)s1. The summed E-state index contributed by atoms with van der Waals surface area (Å²) in [6.07, 6.45) is 1.12. The summed E-state index contributed by atoms with van der Waals surface area (Å²) in [6.45, 7) is 3.07. The van der Waals surface area contributed by atoms with Crippen molar-refractivity contribution in [3.8, 4) is 0 Å². The van der Waals surface area contributed by atoms with Crippen LogP contribution in [-0.4, -0.2) is 0 Å². The molecular weight excluding hydrogens is 216 g/mol. The van der Waals surface area contributed by atoms with Gasteiger partial charge in [-0.15, -0.1) is 11.3 Å². The molecule has 1 heterocycles. The number of aryl methyl sites for hydroxylation is 1.